The van der Waals surface area contributed by atoms with E-state index in [9.17, 15) is 13.5 Å². The minimum absolute atomic E-state index is 0.278. The molecule has 0 saturated heterocycles. The number of hydrogen-bond acceptors (Lipinski definition) is 3. The van der Waals surface area contributed by atoms with Crippen LogP contribution in [0.15, 0.2) is 23.1 Å². The molecule has 0 atom stereocenters. The van der Waals surface area contributed by atoms with Crippen LogP contribution in [0.1, 0.15) is 51.7 Å². The third-order valence-corrected chi connectivity index (χ3v) is 6.20. The molecule has 1 aromatic rings. The Bertz CT molecular complexity index is 627. The van der Waals surface area contributed by atoms with E-state index in [1.807, 2.05) is 6.07 Å². The van der Waals surface area contributed by atoms with Crippen molar-refractivity contribution in [1.29, 1.82) is 0 Å². The zero-order valence-electron chi connectivity index (χ0n) is 13.2. The van der Waals surface area contributed by atoms with Crippen molar-refractivity contribution in [1.82, 2.24) is 4.72 Å². The van der Waals surface area contributed by atoms with Gasteiger partial charge in [0.25, 0.3) is 0 Å². The van der Waals surface area contributed by atoms with Crippen molar-refractivity contribution in [3.05, 3.63) is 29.3 Å². The molecule has 2 rings (SSSR count). The molecule has 5 heteroatoms. The summed E-state index contributed by atoms with van der Waals surface area (Å²) in [6, 6.07) is 5.35. The number of benzene rings is 1. The van der Waals surface area contributed by atoms with Gasteiger partial charge >= 0.3 is 0 Å². The van der Waals surface area contributed by atoms with Crippen LogP contribution in [0.25, 0.3) is 0 Å². The third-order valence-electron chi connectivity index (χ3n) is 4.55. The highest BCUT2D eigenvalue weighted by molar-refractivity contribution is 7.89. The highest BCUT2D eigenvalue weighted by atomic mass is 32.2. The molecule has 0 amide bonds. The van der Waals surface area contributed by atoms with Gasteiger partial charge in [0.1, 0.15) is 0 Å². The number of rotatable bonds is 4. The van der Waals surface area contributed by atoms with Crippen LogP contribution in [0.3, 0.4) is 0 Å². The molecule has 1 aliphatic rings. The second-order valence-corrected chi connectivity index (χ2v) is 8.61. The van der Waals surface area contributed by atoms with Crippen LogP contribution >= 0.6 is 0 Å². The van der Waals surface area contributed by atoms with Gasteiger partial charge in [0.15, 0.2) is 0 Å². The summed E-state index contributed by atoms with van der Waals surface area (Å²) < 4.78 is 27.7. The first-order valence-corrected chi connectivity index (χ1v) is 8.89. The summed E-state index contributed by atoms with van der Waals surface area (Å²) in [5.74, 6) is 0. The van der Waals surface area contributed by atoms with Crippen molar-refractivity contribution < 1.29 is 13.5 Å². The van der Waals surface area contributed by atoms with Crippen LogP contribution in [0.2, 0.25) is 0 Å². The van der Waals surface area contributed by atoms with Crippen molar-refractivity contribution in [2.45, 2.75) is 69.4 Å². The maximum absolute atomic E-state index is 12.6. The molecular weight excluding hydrogens is 286 g/mol. The Labute approximate surface area is 127 Å². The Balaban J connectivity index is 2.32. The summed E-state index contributed by atoms with van der Waals surface area (Å²) in [6.45, 7) is 6.57. The predicted octanol–water partition coefficient (Wildman–Crippen LogP) is 2.39. The zero-order valence-corrected chi connectivity index (χ0v) is 14.0. The fourth-order valence-corrected chi connectivity index (χ4v) is 3.98. The second-order valence-electron chi connectivity index (χ2n) is 6.93. The maximum atomic E-state index is 12.6. The van der Waals surface area contributed by atoms with Crippen molar-refractivity contribution in [3.63, 3.8) is 0 Å². The maximum Gasteiger partial charge on any atom is 0.241 e. The van der Waals surface area contributed by atoms with Gasteiger partial charge in [-0.15, -0.1) is 0 Å². The first-order chi connectivity index (χ1) is 9.53. The van der Waals surface area contributed by atoms with E-state index < -0.39 is 21.2 Å². The monoisotopic (exact) mass is 311 g/mol. The molecule has 0 bridgehead atoms. The fraction of sp³-hybridized carbons (Fsp3) is 0.625. The van der Waals surface area contributed by atoms with Crippen LogP contribution in [0.5, 0.6) is 0 Å². The molecule has 4 nitrogen and oxygen atoms in total. The van der Waals surface area contributed by atoms with E-state index in [0.29, 0.717) is 0 Å². The first kappa shape index (κ1) is 16.5. The van der Waals surface area contributed by atoms with Crippen LogP contribution in [-0.2, 0) is 22.9 Å². The van der Waals surface area contributed by atoms with Gasteiger partial charge < -0.3 is 5.11 Å². The average molecular weight is 311 g/mol. The molecule has 1 aliphatic carbocycles. The molecule has 21 heavy (non-hydrogen) atoms. The van der Waals surface area contributed by atoms with E-state index in [0.717, 1.165) is 24.8 Å². The summed E-state index contributed by atoms with van der Waals surface area (Å²) >= 11 is 0. The summed E-state index contributed by atoms with van der Waals surface area (Å²) in [5, 5.41) is 10.1. The molecule has 2 N–H and O–H groups in total. The molecule has 0 radical (unpaired) electrons. The quantitative estimate of drug-likeness (QED) is 0.897. The van der Waals surface area contributed by atoms with Crippen LogP contribution in [0.4, 0.5) is 0 Å². The van der Waals surface area contributed by atoms with Gasteiger partial charge in [0.05, 0.1) is 16.0 Å². The molecule has 1 aromatic carbocycles. The van der Waals surface area contributed by atoms with Gasteiger partial charge in [-0.3, -0.25) is 0 Å². The minimum atomic E-state index is -3.64. The number of nitrogens with one attached hydrogen (secondary N) is 1. The molecule has 118 valence electrons. The van der Waals surface area contributed by atoms with Gasteiger partial charge in [-0.25, -0.2) is 13.1 Å². The SMILES string of the molecule is CC(C)(O)C(C)(C)NS(=O)(=O)c1ccc2c(c1)CCCC2. The van der Waals surface area contributed by atoms with E-state index >= 15 is 0 Å². The van der Waals surface area contributed by atoms with Crippen molar-refractivity contribution >= 4 is 10.0 Å². The van der Waals surface area contributed by atoms with E-state index in [1.165, 1.54) is 12.0 Å². The highest BCUT2D eigenvalue weighted by Gasteiger charge is 2.38. The van der Waals surface area contributed by atoms with Crippen LogP contribution < -0.4 is 4.72 Å². The van der Waals surface area contributed by atoms with Gasteiger partial charge in [-0.05, 0) is 76.6 Å². The lowest BCUT2D eigenvalue weighted by Crippen LogP contribution is -2.57. The van der Waals surface area contributed by atoms with E-state index in [1.54, 1.807) is 39.8 Å². The molecule has 0 aromatic heterocycles. The normalized spacial score (nSPS) is 16.6. The molecular formula is C16H25NO3S. The molecule has 0 aliphatic heterocycles. The summed E-state index contributed by atoms with van der Waals surface area (Å²) in [4.78, 5) is 0.278. The Morgan fingerprint density at radius 2 is 1.62 bits per heavy atom. The number of fused-ring (bicyclic) bond motifs is 1. The topological polar surface area (TPSA) is 66.4 Å². The van der Waals surface area contributed by atoms with Crippen molar-refractivity contribution in [3.8, 4) is 0 Å². The number of hydrogen-bond donors (Lipinski definition) is 2. The van der Waals surface area contributed by atoms with Gasteiger partial charge in [-0.2, -0.15) is 0 Å². The van der Waals surface area contributed by atoms with E-state index in [4.69, 9.17) is 0 Å². The van der Waals surface area contributed by atoms with E-state index in [2.05, 4.69) is 4.72 Å². The molecule has 0 fully saturated rings. The average Bonchev–Trinajstić information content (AvgIpc) is 2.35. The minimum Gasteiger partial charge on any atom is -0.389 e. The zero-order chi connectivity index (χ0) is 15.9. The number of sulfonamides is 1. The van der Waals surface area contributed by atoms with E-state index in [-0.39, 0.29) is 4.90 Å². The third kappa shape index (κ3) is 3.47. The molecule has 0 saturated carbocycles. The fourth-order valence-electron chi connectivity index (χ4n) is 2.40. The Morgan fingerprint density at radius 3 is 2.19 bits per heavy atom. The Hall–Kier alpha value is -0.910. The smallest absolute Gasteiger partial charge is 0.241 e. The highest BCUT2D eigenvalue weighted by Crippen LogP contribution is 2.27. The summed E-state index contributed by atoms with van der Waals surface area (Å²) in [5.41, 5.74) is 0.267. The van der Waals surface area contributed by atoms with Crippen molar-refractivity contribution in [2.75, 3.05) is 0 Å². The number of aliphatic hydroxyl groups is 1. The molecule has 0 unspecified atom stereocenters. The standard InChI is InChI=1S/C16H25NO3S/c1-15(2,16(3,4)18)17-21(19,20)14-10-9-12-7-5-6-8-13(12)11-14/h9-11,17-18H,5-8H2,1-4H3. The number of aryl methyl sites for hydroxylation is 2. The summed E-state index contributed by atoms with van der Waals surface area (Å²) in [6.07, 6.45) is 4.24. The first-order valence-electron chi connectivity index (χ1n) is 7.41. The van der Waals surface area contributed by atoms with Crippen LogP contribution in [-0.4, -0.2) is 24.7 Å². The Morgan fingerprint density at radius 1 is 1.05 bits per heavy atom. The van der Waals surface area contributed by atoms with Gasteiger partial charge in [0, 0.05) is 0 Å². The molecule has 0 heterocycles. The van der Waals surface area contributed by atoms with Gasteiger partial charge in [0.2, 0.25) is 10.0 Å². The van der Waals surface area contributed by atoms with Crippen LogP contribution in [0, 0.1) is 0 Å². The lowest BCUT2D eigenvalue weighted by atomic mass is 9.87. The molecule has 0 spiro atoms. The lowest BCUT2D eigenvalue weighted by Gasteiger charge is -2.37. The Kier molecular flexibility index (Phi) is 4.21. The summed E-state index contributed by atoms with van der Waals surface area (Å²) in [7, 11) is -3.64. The lowest BCUT2D eigenvalue weighted by molar-refractivity contribution is 0.00639. The predicted molar refractivity (Wildman–Crippen MR) is 83.8 cm³/mol. The second kappa shape index (κ2) is 5.38. The van der Waals surface area contributed by atoms with Crippen molar-refractivity contribution in [2.24, 2.45) is 0 Å². The largest absolute Gasteiger partial charge is 0.389 e. The van der Waals surface area contributed by atoms with Gasteiger partial charge in [-0.1, -0.05) is 6.07 Å².